The standard InChI is InChI=1S/C19H17ClN4O5S/c1-29-16-8-7-13(22-18(25)12-24-10-4-9-21-19(24)26)11-17(16)30(27,28)23-15-6-3-2-5-14(15)20/h2-11,23H,12H2,1H3,(H,22,25). The molecule has 0 fully saturated rings. The van der Waals surface area contributed by atoms with Crippen LogP contribution in [0.1, 0.15) is 0 Å². The van der Waals surface area contributed by atoms with E-state index in [0.717, 1.165) is 4.57 Å². The van der Waals surface area contributed by atoms with E-state index in [2.05, 4.69) is 15.0 Å². The number of carbonyl (C=O) groups is 1. The van der Waals surface area contributed by atoms with Crippen molar-refractivity contribution < 1.29 is 17.9 Å². The van der Waals surface area contributed by atoms with Gasteiger partial charge < -0.3 is 10.1 Å². The predicted octanol–water partition coefficient (Wildman–Crippen LogP) is 2.34. The van der Waals surface area contributed by atoms with Crippen molar-refractivity contribution in [2.45, 2.75) is 11.4 Å². The van der Waals surface area contributed by atoms with E-state index in [1.54, 1.807) is 18.2 Å². The van der Waals surface area contributed by atoms with Gasteiger partial charge in [-0.2, -0.15) is 0 Å². The Hall–Kier alpha value is -3.37. The monoisotopic (exact) mass is 448 g/mol. The minimum absolute atomic E-state index is 0.0797. The number of halogens is 1. The number of methoxy groups -OCH3 is 1. The third-order valence-corrected chi connectivity index (χ3v) is 5.67. The number of sulfonamides is 1. The van der Waals surface area contributed by atoms with Crippen molar-refractivity contribution in [2.24, 2.45) is 0 Å². The average molecular weight is 449 g/mol. The molecule has 0 atom stereocenters. The summed E-state index contributed by atoms with van der Waals surface area (Å²) in [6, 6.07) is 12.0. The SMILES string of the molecule is COc1ccc(NC(=O)Cn2cccnc2=O)cc1S(=O)(=O)Nc1ccccc1Cl. The maximum Gasteiger partial charge on any atom is 0.347 e. The highest BCUT2D eigenvalue weighted by molar-refractivity contribution is 7.92. The molecule has 1 heterocycles. The van der Waals surface area contributed by atoms with Gasteiger partial charge in [-0.05, 0) is 36.4 Å². The summed E-state index contributed by atoms with van der Waals surface area (Å²) in [7, 11) is -2.75. The van der Waals surface area contributed by atoms with E-state index in [0.29, 0.717) is 0 Å². The average Bonchev–Trinajstić information content (AvgIpc) is 2.71. The zero-order chi connectivity index (χ0) is 21.7. The van der Waals surface area contributed by atoms with E-state index in [1.807, 2.05) is 0 Å². The normalized spacial score (nSPS) is 11.0. The molecule has 156 valence electrons. The second-order valence-corrected chi connectivity index (χ2v) is 8.09. The van der Waals surface area contributed by atoms with E-state index in [4.69, 9.17) is 16.3 Å². The van der Waals surface area contributed by atoms with Crippen LogP contribution < -0.4 is 20.5 Å². The van der Waals surface area contributed by atoms with E-state index in [1.165, 1.54) is 49.8 Å². The number of nitrogens with one attached hydrogen (secondary N) is 2. The topological polar surface area (TPSA) is 119 Å². The first-order chi connectivity index (χ1) is 14.3. The lowest BCUT2D eigenvalue weighted by atomic mass is 10.3. The van der Waals surface area contributed by atoms with E-state index in [9.17, 15) is 18.0 Å². The largest absolute Gasteiger partial charge is 0.495 e. The molecule has 1 aromatic heterocycles. The summed E-state index contributed by atoms with van der Waals surface area (Å²) in [5.74, 6) is -0.450. The minimum Gasteiger partial charge on any atom is -0.495 e. The molecule has 0 aliphatic carbocycles. The van der Waals surface area contributed by atoms with Crippen molar-refractivity contribution in [3.63, 3.8) is 0 Å². The molecule has 3 aromatic rings. The lowest BCUT2D eigenvalue weighted by Crippen LogP contribution is -2.28. The molecule has 0 radical (unpaired) electrons. The summed E-state index contributed by atoms with van der Waals surface area (Å²) in [6.45, 7) is -0.279. The number of amides is 1. The number of nitrogens with zero attached hydrogens (tertiary/aromatic N) is 2. The number of hydrogen-bond donors (Lipinski definition) is 2. The summed E-state index contributed by atoms with van der Waals surface area (Å²) < 4.78 is 34.5. The second kappa shape index (κ2) is 8.97. The molecule has 0 bridgehead atoms. The second-order valence-electron chi connectivity index (χ2n) is 6.03. The Bertz CT molecular complexity index is 1240. The maximum atomic E-state index is 12.9. The molecule has 0 saturated carbocycles. The summed E-state index contributed by atoms with van der Waals surface area (Å²) in [4.78, 5) is 27.3. The number of anilines is 2. The van der Waals surface area contributed by atoms with Crippen molar-refractivity contribution in [1.82, 2.24) is 9.55 Å². The van der Waals surface area contributed by atoms with Gasteiger partial charge in [-0.15, -0.1) is 0 Å². The minimum atomic E-state index is -4.08. The van der Waals surface area contributed by atoms with Crippen molar-refractivity contribution in [3.8, 4) is 5.75 Å². The molecular weight excluding hydrogens is 432 g/mol. The zero-order valence-electron chi connectivity index (χ0n) is 15.7. The molecule has 9 nitrogen and oxygen atoms in total. The Morgan fingerprint density at radius 2 is 1.97 bits per heavy atom. The van der Waals surface area contributed by atoms with Gasteiger partial charge in [0, 0.05) is 18.1 Å². The van der Waals surface area contributed by atoms with Crippen LogP contribution in [-0.2, 0) is 21.4 Å². The fraction of sp³-hybridized carbons (Fsp3) is 0.105. The fourth-order valence-corrected chi connectivity index (χ4v) is 4.09. The molecule has 30 heavy (non-hydrogen) atoms. The van der Waals surface area contributed by atoms with E-state index in [-0.39, 0.29) is 33.6 Å². The number of carbonyl (C=O) groups excluding carboxylic acids is 1. The Balaban J connectivity index is 1.86. The van der Waals surface area contributed by atoms with Gasteiger partial charge in [0.05, 0.1) is 17.8 Å². The third kappa shape index (κ3) is 4.97. The van der Waals surface area contributed by atoms with Crippen LogP contribution >= 0.6 is 11.6 Å². The molecule has 0 spiro atoms. The van der Waals surface area contributed by atoms with Gasteiger partial charge in [0.1, 0.15) is 17.2 Å². The van der Waals surface area contributed by atoms with Gasteiger partial charge in [-0.25, -0.2) is 18.2 Å². The van der Waals surface area contributed by atoms with Crippen LogP contribution in [0.5, 0.6) is 5.75 Å². The van der Waals surface area contributed by atoms with E-state index >= 15 is 0 Å². The molecule has 0 saturated heterocycles. The van der Waals surface area contributed by atoms with Gasteiger partial charge in [0.25, 0.3) is 10.0 Å². The lowest BCUT2D eigenvalue weighted by Gasteiger charge is -2.14. The number of rotatable bonds is 7. The number of ether oxygens (including phenoxy) is 1. The highest BCUT2D eigenvalue weighted by atomic mass is 35.5. The number of para-hydroxylation sites is 1. The molecule has 11 heteroatoms. The first-order valence-corrected chi connectivity index (χ1v) is 10.4. The van der Waals surface area contributed by atoms with Gasteiger partial charge in [-0.1, -0.05) is 23.7 Å². The van der Waals surface area contributed by atoms with Crippen molar-refractivity contribution in [1.29, 1.82) is 0 Å². The van der Waals surface area contributed by atoms with Crippen molar-refractivity contribution >= 4 is 38.9 Å². The van der Waals surface area contributed by atoms with Crippen LogP contribution in [0, 0.1) is 0 Å². The van der Waals surface area contributed by atoms with Crippen LogP contribution in [0.4, 0.5) is 11.4 Å². The van der Waals surface area contributed by atoms with Gasteiger partial charge in [0.2, 0.25) is 5.91 Å². The maximum absolute atomic E-state index is 12.9. The molecule has 0 aliphatic heterocycles. The predicted molar refractivity (Wildman–Crippen MR) is 112 cm³/mol. The van der Waals surface area contributed by atoms with Gasteiger partial charge in [-0.3, -0.25) is 14.1 Å². The lowest BCUT2D eigenvalue weighted by molar-refractivity contribution is -0.116. The molecule has 0 aliphatic rings. The highest BCUT2D eigenvalue weighted by Gasteiger charge is 2.22. The van der Waals surface area contributed by atoms with Gasteiger partial charge in [0.15, 0.2) is 0 Å². The number of hydrogen-bond acceptors (Lipinski definition) is 6. The van der Waals surface area contributed by atoms with Crippen LogP contribution in [-0.4, -0.2) is 31.0 Å². The molecule has 2 N–H and O–H groups in total. The fourth-order valence-electron chi connectivity index (χ4n) is 2.57. The van der Waals surface area contributed by atoms with Crippen LogP contribution in [0.25, 0.3) is 0 Å². The first kappa shape index (κ1) is 21.3. The van der Waals surface area contributed by atoms with E-state index < -0.39 is 21.6 Å². The quantitative estimate of drug-likeness (QED) is 0.572. The third-order valence-electron chi connectivity index (χ3n) is 3.95. The first-order valence-electron chi connectivity index (χ1n) is 8.57. The summed E-state index contributed by atoms with van der Waals surface area (Å²) in [5.41, 5.74) is -0.168. The van der Waals surface area contributed by atoms with Gasteiger partial charge >= 0.3 is 5.69 Å². The summed E-state index contributed by atoms with van der Waals surface area (Å²) >= 11 is 6.03. The summed E-state index contributed by atoms with van der Waals surface area (Å²) in [5, 5.41) is 2.78. The number of benzene rings is 2. The van der Waals surface area contributed by atoms with Crippen molar-refractivity contribution in [2.75, 3.05) is 17.1 Å². The molecule has 3 rings (SSSR count). The Morgan fingerprint density at radius 3 is 2.67 bits per heavy atom. The van der Waals surface area contributed by atoms with Crippen LogP contribution in [0.15, 0.2) is 70.6 Å². The zero-order valence-corrected chi connectivity index (χ0v) is 17.3. The molecule has 0 unspecified atom stereocenters. The molecule has 2 aromatic carbocycles. The van der Waals surface area contributed by atoms with Crippen LogP contribution in [0.2, 0.25) is 5.02 Å². The highest BCUT2D eigenvalue weighted by Crippen LogP contribution is 2.30. The van der Waals surface area contributed by atoms with Crippen LogP contribution in [0.3, 0.4) is 0 Å². The smallest absolute Gasteiger partial charge is 0.347 e. The summed E-state index contributed by atoms with van der Waals surface area (Å²) in [6.07, 6.45) is 2.75. The Labute approximate surface area is 177 Å². The molecule has 1 amide bonds. The molecular formula is C19H17ClN4O5S. The Kier molecular flexibility index (Phi) is 6.38. The number of aromatic nitrogens is 2. The Morgan fingerprint density at radius 1 is 1.20 bits per heavy atom. The van der Waals surface area contributed by atoms with Crippen molar-refractivity contribution in [3.05, 3.63) is 76.4 Å².